The fourth-order valence-corrected chi connectivity index (χ4v) is 3.27. The molecular weight excluding hydrogens is 439 g/mol. The number of hydrogen-bond acceptors (Lipinski definition) is 3. The van der Waals surface area contributed by atoms with Gasteiger partial charge < -0.3 is 14.6 Å². The molecule has 1 N–H and O–H groups in total. The highest BCUT2D eigenvalue weighted by Crippen LogP contribution is 2.10. The van der Waals surface area contributed by atoms with Gasteiger partial charge in [0.1, 0.15) is 5.76 Å². The molecule has 0 saturated carbocycles. The van der Waals surface area contributed by atoms with Crippen LogP contribution < -0.4 is 5.32 Å². The lowest BCUT2D eigenvalue weighted by atomic mass is 10.1. The minimum Gasteiger partial charge on any atom is -0.469 e. The van der Waals surface area contributed by atoms with Crippen LogP contribution in [0.15, 0.2) is 52.1 Å². The van der Waals surface area contributed by atoms with Crippen molar-refractivity contribution in [3.8, 4) is 0 Å². The number of piperazine rings is 1. The van der Waals surface area contributed by atoms with Crippen LogP contribution in [0.25, 0.3) is 0 Å². The number of nitrogens with one attached hydrogen (secondary N) is 1. The van der Waals surface area contributed by atoms with Crippen molar-refractivity contribution < 1.29 is 4.42 Å². The average Bonchev–Trinajstić information content (AvgIpc) is 3.13. The highest BCUT2D eigenvalue weighted by Gasteiger charge is 2.19. The molecule has 1 aromatic carbocycles. The topological polar surface area (TPSA) is 44.0 Å². The molecule has 1 aliphatic rings. The van der Waals surface area contributed by atoms with E-state index in [9.17, 15) is 0 Å². The number of aryl methyl sites for hydroxylation is 1. The van der Waals surface area contributed by atoms with E-state index in [0.29, 0.717) is 0 Å². The van der Waals surface area contributed by atoms with Crippen molar-refractivity contribution in [1.29, 1.82) is 0 Å². The van der Waals surface area contributed by atoms with E-state index in [1.54, 1.807) is 6.26 Å². The number of benzene rings is 1. The Morgan fingerprint density at radius 1 is 1.15 bits per heavy atom. The summed E-state index contributed by atoms with van der Waals surface area (Å²) in [6.07, 6.45) is 2.59. The maximum atomic E-state index is 5.37. The van der Waals surface area contributed by atoms with Crippen molar-refractivity contribution >= 4 is 29.9 Å². The van der Waals surface area contributed by atoms with Gasteiger partial charge in [-0.2, -0.15) is 0 Å². The fraction of sp³-hybridized carbons (Fsp3) is 0.450. The second-order valence-electron chi connectivity index (χ2n) is 6.56. The number of guanidine groups is 1. The van der Waals surface area contributed by atoms with Gasteiger partial charge in [0.25, 0.3) is 0 Å². The van der Waals surface area contributed by atoms with Gasteiger partial charge in [-0.1, -0.05) is 29.8 Å². The molecule has 0 spiro atoms. The van der Waals surface area contributed by atoms with E-state index in [1.165, 1.54) is 11.1 Å². The standard InChI is InChI=1S/C20H28N4O.HI/c1-17-5-3-6-18(15-17)16-23-10-12-24(13-11-23)20(21-2)22-9-8-19-7-4-14-25-19;/h3-7,14-15H,8-13,16H2,1-2H3,(H,21,22);1H. The van der Waals surface area contributed by atoms with E-state index in [2.05, 4.69) is 51.3 Å². The van der Waals surface area contributed by atoms with Gasteiger partial charge in [0.15, 0.2) is 5.96 Å². The number of halogens is 1. The van der Waals surface area contributed by atoms with Gasteiger partial charge in [-0.3, -0.25) is 9.89 Å². The number of nitrogens with zero attached hydrogens (tertiary/aromatic N) is 3. The SMILES string of the molecule is CN=C(NCCc1ccco1)N1CCN(Cc2cccc(C)c2)CC1.I. The summed E-state index contributed by atoms with van der Waals surface area (Å²) in [6, 6.07) is 12.7. The molecule has 1 aromatic heterocycles. The molecule has 0 amide bonds. The molecule has 142 valence electrons. The second-order valence-corrected chi connectivity index (χ2v) is 6.56. The normalized spacial score (nSPS) is 15.6. The van der Waals surface area contributed by atoms with Gasteiger partial charge >= 0.3 is 0 Å². The quantitative estimate of drug-likeness (QED) is 0.416. The average molecular weight is 468 g/mol. The molecule has 2 aromatic rings. The Balaban J connectivity index is 0.00000243. The first-order chi connectivity index (χ1) is 12.2. The van der Waals surface area contributed by atoms with Crippen LogP contribution in [0, 0.1) is 6.92 Å². The van der Waals surface area contributed by atoms with E-state index < -0.39 is 0 Å². The Morgan fingerprint density at radius 3 is 2.62 bits per heavy atom. The molecule has 1 fully saturated rings. The van der Waals surface area contributed by atoms with Gasteiger partial charge in [0.2, 0.25) is 0 Å². The molecule has 0 radical (unpaired) electrons. The lowest BCUT2D eigenvalue weighted by Gasteiger charge is -2.36. The zero-order valence-electron chi connectivity index (χ0n) is 15.6. The number of aliphatic imine (C=N–C) groups is 1. The van der Waals surface area contributed by atoms with Crippen LogP contribution in [0.3, 0.4) is 0 Å². The van der Waals surface area contributed by atoms with Crippen molar-refractivity contribution in [2.45, 2.75) is 19.9 Å². The van der Waals surface area contributed by atoms with E-state index in [0.717, 1.165) is 57.4 Å². The van der Waals surface area contributed by atoms with Crippen LogP contribution in [-0.4, -0.2) is 55.5 Å². The third-order valence-corrected chi connectivity index (χ3v) is 4.61. The Hall–Kier alpha value is -1.54. The first-order valence-corrected chi connectivity index (χ1v) is 9.00. The van der Waals surface area contributed by atoms with Gasteiger partial charge in [0.05, 0.1) is 6.26 Å². The summed E-state index contributed by atoms with van der Waals surface area (Å²) in [7, 11) is 1.86. The lowest BCUT2D eigenvalue weighted by molar-refractivity contribution is 0.172. The molecule has 6 heteroatoms. The van der Waals surface area contributed by atoms with E-state index in [-0.39, 0.29) is 24.0 Å². The van der Waals surface area contributed by atoms with Gasteiger partial charge in [-0.05, 0) is 24.6 Å². The van der Waals surface area contributed by atoms with Crippen LogP contribution in [0.4, 0.5) is 0 Å². The summed E-state index contributed by atoms with van der Waals surface area (Å²) in [6.45, 7) is 8.15. The monoisotopic (exact) mass is 468 g/mol. The molecule has 0 bridgehead atoms. The Bertz CT molecular complexity index is 679. The van der Waals surface area contributed by atoms with E-state index in [4.69, 9.17) is 4.42 Å². The molecule has 26 heavy (non-hydrogen) atoms. The molecule has 2 heterocycles. The second kappa shape index (κ2) is 10.6. The van der Waals surface area contributed by atoms with Crippen molar-refractivity contribution in [2.75, 3.05) is 39.8 Å². The summed E-state index contributed by atoms with van der Waals surface area (Å²) in [4.78, 5) is 9.29. The highest BCUT2D eigenvalue weighted by atomic mass is 127. The summed E-state index contributed by atoms with van der Waals surface area (Å²) in [5, 5.41) is 3.45. The first kappa shape index (κ1) is 20.8. The van der Waals surface area contributed by atoms with Gasteiger partial charge in [0, 0.05) is 52.7 Å². The summed E-state index contributed by atoms with van der Waals surface area (Å²) in [5.74, 6) is 1.99. The number of hydrogen-bond donors (Lipinski definition) is 1. The molecule has 5 nitrogen and oxygen atoms in total. The molecule has 1 saturated heterocycles. The zero-order valence-corrected chi connectivity index (χ0v) is 18.0. The van der Waals surface area contributed by atoms with Crippen LogP contribution >= 0.6 is 24.0 Å². The van der Waals surface area contributed by atoms with Gasteiger partial charge in [-0.15, -0.1) is 24.0 Å². The third-order valence-electron chi connectivity index (χ3n) is 4.61. The molecule has 0 unspecified atom stereocenters. The fourth-order valence-electron chi connectivity index (χ4n) is 3.27. The molecule has 0 atom stereocenters. The van der Waals surface area contributed by atoms with Crippen molar-refractivity contribution in [1.82, 2.24) is 15.1 Å². The number of furan rings is 1. The first-order valence-electron chi connectivity index (χ1n) is 9.00. The number of rotatable bonds is 5. The van der Waals surface area contributed by atoms with Gasteiger partial charge in [-0.25, -0.2) is 0 Å². The highest BCUT2D eigenvalue weighted by molar-refractivity contribution is 14.0. The zero-order chi connectivity index (χ0) is 17.5. The molecule has 3 rings (SSSR count). The maximum Gasteiger partial charge on any atom is 0.193 e. The summed E-state index contributed by atoms with van der Waals surface area (Å²) in [5.41, 5.74) is 2.73. The molecule has 0 aliphatic carbocycles. The summed E-state index contributed by atoms with van der Waals surface area (Å²) >= 11 is 0. The van der Waals surface area contributed by atoms with E-state index >= 15 is 0 Å². The van der Waals surface area contributed by atoms with Crippen molar-refractivity contribution in [2.24, 2.45) is 4.99 Å². The minimum absolute atomic E-state index is 0. The summed E-state index contributed by atoms with van der Waals surface area (Å²) < 4.78 is 5.37. The lowest BCUT2D eigenvalue weighted by Crippen LogP contribution is -2.52. The predicted molar refractivity (Wildman–Crippen MR) is 117 cm³/mol. The smallest absolute Gasteiger partial charge is 0.193 e. The van der Waals surface area contributed by atoms with Crippen LogP contribution in [0.2, 0.25) is 0 Å². The van der Waals surface area contributed by atoms with Crippen LogP contribution in [-0.2, 0) is 13.0 Å². The minimum atomic E-state index is 0. The Labute approximate surface area is 173 Å². The third kappa shape index (κ3) is 6.02. The van der Waals surface area contributed by atoms with Crippen LogP contribution in [0.5, 0.6) is 0 Å². The Morgan fingerprint density at radius 2 is 1.96 bits per heavy atom. The van der Waals surface area contributed by atoms with E-state index in [1.807, 2.05) is 19.2 Å². The maximum absolute atomic E-state index is 5.37. The van der Waals surface area contributed by atoms with Crippen molar-refractivity contribution in [3.63, 3.8) is 0 Å². The van der Waals surface area contributed by atoms with Crippen molar-refractivity contribution in [3.05, 3.63) is 59.5 Å². The van der Waals surface area contributed by atoms with Crippen LogP contribution in [0.1, 0.15) is 16.9 Å². The Kier molecular flexibility index (Phi) is 8.44. The largest absolute Gasteiger partial charge is 0.469 e. The predicted octanol–water partition coefficient (Wildman–Crippen LogP) is 3.14. The molecule has 1 aliphatic heterocycles. The molecular formula is C20H29IN4O.